The van der Waals surface area contributed by atoms with Crippen LogP contribution in [0, 0.1) is 5.92 Å². The minimum absolute atomic E-state index is 0.0199. The van der Waals surface area contributed by atoms with Crippen LogP contribution in [0.4, 0.5) is 0 Å². The molecule has 0 spiro atoms. The highest BCUT2D eigenvalue weighted by Crippen LogP contribution is 2.37. The number of esters is 1. The molecule has 1 heterocycles. The largest absolute Gasteiger partial charge is 0.480 e. The number of hydrogen-bond donors (Lipinski definition) is 2. The van der Waals surface area contributed by atoms with Gasteiger partial charge in [0, 0.05) is 24.1 Å². The molecule has 2 atom stereocenters. The third-order valence-corrected chi connectivity index (χ3v) is 5.96. The van der Waals surface area contributed by atoms with Gasteiger partial charge in [-0.1, -0.05) is 39.3 Å². The first-order valence-electron chi connectivity index (χ1n) is 10.9. The van der Waals surface area contributed by atoms with Gasteiger partial charge in [-0.2, -0.15) is 0 Å². The van der Waals surface area contributed by atoms with Crippen molar-refractivity contribution in [2.24, 2.45) is 5.92 Å². The van der Waals surface area contributed by atoms with Crippen LogP contribution < -0.4 is 10.1 Å². The number of likely N-dealkylation sites (N-methyl/N-ethyl adjacent to an activating group) is 1. The molecular formula is C24H34N2O5. The van der Waals surface area contributed by atoms with Gasteiger partial charge in [0.25, 0.3) is 0 Å². The van der Waals surface area contributed by atoms with Crippen LogP contribution in [0.1, 0.15) is 52.0 Å². The van der Waals surface area contributed by atoms with Crippen LogP contribution in [0.3, 0.4) is 0 Å². The summed E-state index contributed by atoms with van der Waals surface area (Å²) in [4.78, 5) is 37.7. The number of aliphatic carboxylic acids is 1. The predicted octanol–water partition coefficient (Wildman–Crippen LogP) is 3.14. The molecule has 0 bridgehead atoms. The van der Waals surface area contributed by atoms with Gasteiger partial charge in [0.05, 0.1) is 0 Å². The molecule has 1 amide bonds. The lowest BCUT2D eigenvalue weighted by atomic mass is 9.74. The Labute approximate surface area is 184 Å². The number of rotatable bonds is 8. The highest BCUT2D eigenvalue weighted by Gasteiger charge is 2.33. The Hall–Kier alpha value is -2.67. The van der Waals surface area contributed by atoms with Crippen molar-refractivity contribution in [2.45, 2.75) is 57.9 Å². The second-order valence-electron chi connectivity index (χ2n) is 8.68. The number of hydrogen-bond acceptors (Lipinski definition) is 5. The number of amides is 1. The number of nitrogens with zero attached hydrogens (tertiary/aromatic N) is 1. The van der Waals surface area contributed by atoms with Gasteiger partial charge < -0.3 is 20.1 Å². The molecule has 1 aromatic rings. The molecule has 0 aromatic heterocycles. The van der Waals surface area contributed by atoms with Crippen LogP contribution in [0.25, 0.3) is 0 Å². The Morgan fingerprint density at radius 3 is 2.65 bits per heavy atom. The Kier molecular flexibility index (Phi) is 8.80. The zero-order chi connectivity index (χ0) is 23.0. The minimum atomic E-state index is -1.12. The van der Waals surface area contributed by atoms with Crippen molar-refractivity contribution in [3.8, 4) is 5.75 Å². The van der Waals surface area contributed by atoms with Crippen molar-refractivity contribution in [3.05, 3.63) is 42.0 Å². The van der Waals surface area contributed by atoms with Crippen LogP contribution >= 0.6 is 0 Å². The van der Waals surface area contributed by atoms with Crippen LogP contribution in [-0.2, 0) is 19.8 Å². The highest BCUT2D eigenvalue weighted by atomic mass is 16.5. The molecule has 1 aliphatic heterocycles. The first-order valence-corrected chi connectivity index (χ1v) is 10.9. The number of likely N-dealkylation sites (tertiary alicyclic amines) is 1. The summed E-state index contributed by atoms with van der Waals surface area (Å²) in [7, 11) is 2.14. The summed E-state index contributed by atoms with van der Waals surface area (Å²) in [5.41, 5.74) is 1.17. The van der Waals surface area contributed by atoms with Crippen molar-refractivity contribution in [3.63, 3.8) is 0 Å². The Morgan fingerprint density at radius 2 is 2.00 bits per heavy atom. The van der Waals surface area contributed by atoms with Crippen molar-refractivity contribution in [1.29, 1.82) is 0 Å². The normalized spacial score (nSPS) is 20.9. The van der Waals surface area contributed by atoms with E-state index in [1.807, 2.05) is 12.1 Å². The lowest BCUT2D eigenvalue weighted by Crippen LogP contribution is -2.43. The fourth-order valence-corrected chi connectivity index (χ4v) is 4.15. The molecule has 170 valence electrons. The summed E-state index contributed by atoms with van der Waals surface area (Å²) in [6, 6.07) is 6.58. The molecule has 0 saturated carbocycles. The molecular weight excluding hydrogens is 396 g/mol. The number of carboxylic acids is 1. The van der Waals surface area contributed by atoms with E-state index >= 15 is 0 Å². The van der Waals surface area contributed by atoms with E-state index in [9.17, 15) is 14.4 Å². The summed E-state index contributed by atoms with van der Waals surface area (Å²) in [5, 5.41) is 11.5. The third kappa shape index (κ3) is 6.92. The van der Waals surface area contributed by atoms with E-state index in [0.29, 0.717) is 5.75 Å². The molecule has 2 rings (SSSR count). The van der Waals surface area contributed by atoms with Crippen molar-refractivity contribution >= 4 is 17.8 Å². The summed E-state index contributed by atoms with van der Waals surface area (Å²) < 4.78 is 5.41. The lowest BCUT2D eigenvalue weighted by Gasteiger charge is -2.35. The van der Waals surface area contributed by atoms with Gasteiger partial charge in [0.2, 0.25) is 5.91 Å². The second-order valence-corrected chi connectivity index (χ2v) is 8.68. The van der Waals surface area contributed by atoms with Gasteiger partial charge >= 0.3 is 11.9 Å². The molecule has 1 aliphatic rings. The van der Waals surface area contributed by atoms with Crippen molar-refractivity contribution in [2.75, 3.05) is 20.1 Å². The van der Waals surface area contributed by atoms with Gasteiger partial charge in [0.15, 0.2) is 0 Å². The number of benzene rings is 1. The third-order valence-electron chi connectivity index (χ3n) is 5.96. The fourth-order valence-electron chi connectivity index (χ4n) is 4.15. The van der Waals surface area contributed by atoms with E-state index in [2.05, 4.69) is 30.3 Å². The number of nitrogens with one attached hydrogen (secondary N) is 1. The summed E-state index contributed by atoms with van der Waals surface area (Å²) >= 11 is 0. The zero-order valence-corrected chi connectivity index (χ0v) is 18.9. The maximum atomic E-state index is 12.2. The zero-order valence-electron chi connectivity index (χ0n) is 18.9. The minimum Gasteiger partial charge on any atom is -0.480 e. The van der Waals surface area contributed by atoms with Crippen LogP contribution in [0.2, 0.25) is 0 Å². The van der Waals surface area contributed by atoms with Crippen LogP contribution in [-0.4, -0.2) is 54.0 Å². The molecule has 0 radical (unpaired) electrons. The molecule has 31 heavy (non-hydrogen) atoms. The Balaban J connectivity index is 2.06. The van der Waals surface area contributed by atoms with E-state index in [1.165, 1.54) is 6.42 Å². The van der Waals surface area contributed by atoms with E-state index in [1.54, 1.807) is 19.9 Å². The second kappa shape index (κ2) is 11.1. The molecule has 7 nitrogen and oxygen atoms in total. The van der Waals surface area contributed by atoms with Gasteiger partial charge in [-0.3, -0.25) is 4.79 Å². The standard InChI is InChI=1S/C24H34N2O5/c1-5-24(13-6-7-14-26(4)16-24)18-9-8-10-19(15-18)31-21(28)12-11-20(27)25-22(17(2)3)23(29)30/h8-12,15,17,22H,5-7,13-14,16H2,1-4H3,(H,25,27)(H,29,30)/t22-,24?/m0/s1. The van der Waals surface area contributed by atoms with Gasteiger partial charge in [-0.25, -0.2) is 9.59 Å². The van der Waals surface area contributed by atoms with Gasteiger partial charge in [0.1, 0.15) is 11.8 Å². The number of ether oxygens (including phenoxy) is 1. The van der Waals surface area contributed by atoms with Crippen LogP contribution in [0.15, 0.2) is 36.4 Å². The highest BCUT2D eigenvalue weighted by molar-refractivity contribution is 5.96. The van der Waals surface area contributed by atoms with E-state index in [-0.39, 0.29) is 11.3 Å². The number of carbonyl (C=O) groups excluding carboxylic acids is 2. The average molecular weight is 431 g/mol. The van der Waals surface area contributed by atoms with E-state index in [4.69, 9.17) is 9.84 Å². The summed E-state index contributed by atoms with van der Waals surface area (Å²) in [5.74, 6) is -2.31. The average Bonchev–Trinajstić information content (AvgIpc) is 2.92. The molecule has 2 N–H and O–H groups in total. The van der Waals surface area contributed by atoms with E-state index < -0.39 is 23.9 Å². The fraction of sp³-hybridized carbons (Fsp3) is 0.542. The summed E-state index contributed by atoms with van der Waals surface area (Å²) in [6.45, 7) is 7.63. The summed E-state index contributed by atoms with van der Waals surface area (Å²) in [6.07, 6.45) is 6.43. The maximum Gasteiger partial charge on any atom is 0.336 e. The topological polar surface area (TPSA) is 95.9 Å². The monoisotopic (exact) mass is 430 g/mol. The predicted molar refractivity (Wildman–Crippen MR) is 119 cm³/mol. The molecule has 1 fully saturated rings. The number of carbonyl (C=O) groups is 3. The molecule has 7 heteroatoms. The first-order chi connectivity index (χ1) is 14.7. The van der Waals surface area contributed by atoms with Crippen LogP contribution in [0.5, 0.6) is 5.75 Å². The first kappa shape index (κ1) is 24.6. The molecule has 1 unspecified atom stereocenters. The quantitative estimate of drug-likeness (QED) is 0.374. The van der Waals surface area contributed by atoms with Crippen molar-refractivity contribution in [1.82, 2.24) is 10.2 Å². The lowest BCUT2D eigenvalue weighted by molar-refractivity contribution is -0.142. The maximum absolute atomic E-state index is 12.2. The molecule has 0 aliphatic carbocycles. The van der Waals surface area contributed by atoms with E-state index in [0.717, 1.165) is 50.1 Å². The Bertz CT molecular complexity index is 820. The molecule has 1 aromatic carbocycles. The molecule has 1 saturated heterocycles. The van der Waals surface area contributed by atoms with Gasteiger partial charge in [-0.05, 0) is 56.5 Å². The smallest absolute Gasteiger partial charge is 0.336 e. The van der Waals surface area contributed by atoms with Crippen molar-refractivity contribution < 1.29 is 24.2 Å². The SMILES string of the molecule is CCC1(c2cccc(OC(=O)C=CC(=O)N[C@H](C(=O)O)C(C)C)c2)CCCCN(C)C1. The van der Waals surface area contributed by atoms with Gasteiger partial charge in [-0.15, -0.1) is 0 Å². The number of carboxylic acid groups (broad SMARTS) is 1. The Morgan fingerprint density at radius 1 is 1.26 bits per heavy atom.